The minimum Gasteiger partial charge on any atom is -0.477 e. The Morgan fingerprint density at radius 3 is 2.79 bits per heavy atom. The third-order valence-corrected chi connectivity index (χ3v) is 2.57. The SMILES string of the molecule is Cc1c(C(=O)O)[nH]c2c(Cl)cccc12. The summed E-state index contributed by atoms with van der Waals surface area (Å²) in [4.78, 5) is 13.6. The van der Waals surface area contributed by atoms with E-state index < -0.39 is 5.97 Å². The van der Waals surface area contributed by atoms with Gasteiger partial charge in [-0.05, 0) is 18.6 Å². The first-order valence-electron chi connectivity index (χ1n) is 4.11. The number of carboxylic acid groups (broad SMARTS) is 1. The zero-order valence-corrected chi connectivity index (χ0v) is 8.22. The topological polar surface area (TPSA) is 53.1 Å². The summed E-state index contributed by atoms with van der Waals surface area (Å²) in [6.45, 7) is 1.76. The molecule has 0 aliphatic carbocycles. The number of fused-ring (bicyclic) bond motifs is 1. The van der Waals surface area contributed by atoms with E-state index in [0.29, 0.717) is 10.5 Å². The molecule has 2 rings (SSSR count). The summed E-state index contributed by atoms with van der Waals surface area (Å²) in [6, 6.07) is 5.38. The van der Waals surface area contributed by atoms with E-state index in [0.717, 1.165) is 10.9 Å². The number of aromatic nitrogens is 1. The van der Waals surface area contributed by atoms with Gasteiger partial charge in [-0.3, -0.25) is 0 Å². The highest BCUT2D eigenvalue weighted by molar-refractivity contribution is 6.35. The average Bonchev–Trinajstić information content (AvgIpc) is 2.46. The summed E-state index contributed by atoms with van der Waals surface area (Å²) < 4.78 is 0. The van der Waals surface area contributed by atoms with Gasteiger partial charge in [0.25, 0.3) is 0 Å². The number of halogens is 1. The predicted octanol–water partition coefficient (Wildman–Crippen LogP) is 2.83. The predicted molar refractivity (Wildman–Crippen MR) is 55.0 cm³/mol. The molecule has 0 bridgehead atoms. The molecule has 0 atom stereocenters. The smallest absolute Gasteiger partial charge is 0.352 e. The van der Waals surface area contributed by atoms with E-state index in [1.165, 1.54) is 0 Å². The number of nitrogens with one attached hydrogen (secondary N) is 1. The maximum atomic E-state index is 10.8. The summed E-state index contributed by atoms with van der Waals surface area (Å²) in [5.41, 5.74) is 1.60. The Hall–Kier alpha value is -1.48. The van der Waals surface area contributed by atoms with Crippen molar-refractivity contribution in [3.63, 3.8) is 0 Å². The van der Waals surface area contributed by atoms with E-state index in [1.54, 1.807) is 19.1 Å². The van der Waals surface area contributed by atoms with Gasteiger partial charge < -0.3 is 10.1 Å². The first-order valence-corrected chi connectivity index (χ1v) is 4.49. The van der Waals surface area contributed by atoms with Crippen LogP contribution < -0.4 is 0 Å². The molecule has 0 amide bonds. The van der Waals surface area contributed by atoms with Crippen LogP contribution in [0.15, 0.2) is 18.2 Å². The van der Waals surface area contributed by atoms with Crippen LogP contribution in [0.25, 0.3) is 10.9 Å². The van der Waals surface area contributed by atoms with Crippen LogP contribution in [0.3, 0.4) is 0 Å². The van der Waals surface area contributed by atoms with Crippen LogP contribution in [0.5, 0.6) is 0 Å². The van der Waals surface area contributed by atoms with E-state index in [4.69, 9.17) is 16.7 Å². The maximum absolute atomic E-state index is 10.8. The monoisotopic (exact) mass is 209 g/mol. The minimum absolute atomic E-state index is 0.202. The zero-order chi connectivity index (χ0) is 10.3. The van der Waals surface area contributed by atoms with Crippen LogP contribution in [0.1, 0.15) is 16.1 Å². The number of benzene rings is 1. The van der Waals surface area contributed by atoms with Gasteiger partial charge in [-0.15, -0.1) is 0 Å². The lowest BCUT2D eigenvalue weighted by atomic mass is 10.1. The molecule has 2 aromatic rings. The van der Waals surface area contributed by atoms with Crippen LogP contribution in [0.4, 0.5) is 0 Å². The Balaban J connectivity index is 2.86. The maximum Gasteiger partial charge on any atom is 0.352 e. The summed E-state index contributed by atoms with van der Waals surface area (Å²) in [5, 5.41) is 10.3. The number of rotatable bonds is 1. The third kappa shape index (κ3) is 1.17. The Kier molecular flexibility index (Phi) is 1.97. The molecule has 4 heteroatoms. The van der Waals surface area contributed by atoms with Gasteiger partial charge in [0.15, 0.2) is 0 Å². The Morgan fingerprint density at radius 2 is 2.21 bits per heavy atom. The lowest BCUT2D eigenvalue weighted by molar-refractivity contribution is 0.0691. The van der Waals surface area contributed by atoms with Crippen molar-refractivity contribution < 1.29 is 9.90 Å². The van der Waals surface area contributed by atoms with Gasteiger partial charge in [-0.25, -0.2) is 4.79 Å². The second-order valence-corrected chi connectivity index (χ2v) is 3.50. The molecule has 1 aromatic heterocycles. The second-order valence-electron chi connectivity index (χ2n) is 3.09. The molecular formula is C10H8ClNO2. The highest BCUT2D eigenvalue weighted by atomic mass is 35.5. The molecular weight excluding hydrogens is 202 g/mol. The molecule has 0 fully saturated rings. The van der Waals surface area contributed by atoms with E-state index >= 15 is 0 Å². The fourth-order valence-electron chi connectivity index (χ4n) is 1.53. The van der Waals surface area contributed by atoms with Gasteiger partial charge in [0.2, 0.25) is 0 Å². The van der Waals surface area contributed by atoms with Crippen LogP contribution in [0, 0.1) is 6.92 Å². The van der Waals surface area contributed by atoms with Crippen molar-refractivity contribution in [3.05, 3.63) is 34.5 Å². The van der Waals surface area contributed by atoms with Crippen molar-refractivity contribution in [1.82, 2.24) is 4.98 Å². The highest BCUT2D eigenvalue weighted by Crippen LogP contribution is 2.27. The summed E-state index contributed by atoms with van der Waals surface area (Å²) >= 11 is 5.92. The standard InChI is InChI=1S/C10H8ClNO2/c1-5-6-3-2-4-7(11)9(6)12-8(5)10(13)14/h2-4,12H,1H3,(H,13,14). The molecule has 0 saturated heterocycles. The zero-order valence-electron chi connectivity index (χ0n) is 7.47. The normalized spacial score (nSPS) is 10.7. The minimum atomic E-state index is -0.963. The van der Waals surface area contributed by atoms with Gasteiger partial charge in [0.05, 0.1) is 10.5 Å². The molecule has 1 heterocycles. The molecule has 0 radical (unpaired) electrons. The van der Waals surface area contributed by atoms with E-state index in [9.17, 15) is 4.79 Å². The lowest BCUT2D eigenvalue weighted by Crippen LogP contribution is -1.98. The van der Waals surface area contributed by atoms with Gasteiger partial charge in [-0.2, -0.15) is 0 Å². The molecule has 0 unspecified atom stereocenters. The highest BCUT2D eigenvalue weighted by Gasteiger charge is 2.14. The molecule has 0 aliphatic heterocycles. The molecule has 0 spiro atoms. The van der Waals surface area contributed by atoms with Crippen molar-refractivity contribution >= 4 is 28.5 Å². The molecule has 0 aliphatic rings. The fraction of sp³-hybridized carbons (Fsp3) is 0.100. The van der Waals surface area contributed by atoms with Crippen molar-refractivity contribution in [2.24, 2.45) is 0 Å². The van der Waals surface area contributed by atoms with Crippen LogP contribution >= 0.6 is 11.6 Å². The Labute approximate surface area is 85.3 Å². The molecule has 14 heavy (non-hydrogen) atoms. The molecule has 1 aromatic carbocycles. The Bertz CT molecular complexity index is 516. The second kappa shape index (κ2) is 3.03. The van der Waals surface area contributed by atoms with Crippen molar-refractivity contribution in [3.8, 4) is 0 Å². The molecule has 0 saturated carbocycles. The van der Waals surface area contributed by atoms with Gasteiger partial charge in [-0.1, -0.05) is 23.7 Å². The number of aromatic carboxylic acids is 1. The van der Waals surface area contributed by atoms with E-state index in [1.807, 2.05) is 6.07 Å². The average molecular weight is 210 g/mol. The van der Waals surface area contributed by atoms with E-state index in [2.05, 4.69) is 4.98 Å². The molecule has 72 valence electrons. The number of H-pyrrole nitrogens is 1. The summed E-state index contributed by atoms with van der Waals surface area (Å²) in [5.74, 6) is -0.963. The number of carboxylic acids is 1. The van der Waals surface area contributed by atoms with Gasteiger partial charge in [0.1, 0.15) is 5.69 Å². The number of carbonyl (C=O) groups is 1. The Morgan fingerprint density at radius 1 is 1.50 bits per heavy atom. The van der Waals surface area contributed by atoms with Gasteiger partial charge >= 0.3 is 5.97 Å². The molecule has 2 N–H and O–H groups in total. The summed E-state index contributed by atoms with van der Waals surface area (Å²) in [6.07, 6.45) is 0. The number of aryl methyl sites for hydroxylation is 1. The first kappa shape index (κ1) is 9.09. The van der Waals surface area contributed by atoms with Crippen LogP contribution in [0.2, 0.25) is 5.02 Å². The van der Waals surface area contributed by atoms with Crippen molar-refractivity contribution in [1.29, 1.82) is 0 Å². The van der Waals surface area contributed by atoms with Crippen LogP contribution in [-0.4, -0.2) is 16.1 Å². The quantitative estimate of drug-likeness (QED) is 0.759. The lowest BCUT2D eigenvalue weighted by Gasteiger charge is -1.92. The number of para-hydroxylation sites is 1. The fourth-order valence-corrected chi connectivity index (χ4v) is 1.75. The number of hydrogen-bond acceptors (Lipinski definition) is 1. The first-order chi connectivity index (χ1) is 6.61. The largest absolute Gasteiger partial charge is 0.477 e. The third-order valence-electron chi connectivity index (χ3n) is 2.26. The van der Waals surface area contributed by atoms with Gasteiger partial charge in [0, 0.05) is 5.39 Å². The molecule has 3 nitrogen and oxygen atoms in total. The number of hydrogen-bond donors (Lipinski definition) is 2. The van der Waals surface area contributed by atoms with E-state index in [-0.39, 0.29) is 5.69 Å². The van der Waals surface area contributed by atoms with Crippen LogP contribution in [-0.2, 0) is 0 Å². The van der Waals surface area contributed by atoms with Crippen molar-refractivity contribution in [2.45, 2.75) is 6.92 Å². The summed E-state index contributed by atoms with van der Waals surface area (Å²) in [7, 11) is 0. The van der Waals surface area contributed by atoms with Crippen molar-refractivity contribution in [2.75, 3.05) is 0 Å². The number of aromatic amines is 1.